The van der Waals surface area contributed by atoms with Crippen LogP contribution in [-0.4, -0.2) is 23.7 Å². The Kier molecular flexibility index (Phi) is 4.37. The molecule has 102 valence electrons. The molecule has 1 aromatic carbocycles. The fraction of sp³-hybridized carbons (Fsp3) is 0.429. The molecule has 1 fully saturated rings. The van der Waals surface area contributed by atoms with Crippen molar-refractivity contribution in [2.45, 2.75) is 32.8 Å². The minimum absolute atomic E-state index is 0.0272. The van der Waals surface area contributed by atoms with Gasteiger partial charge in [-0.2, -0.15) is 0 Å². The van der Waals surface area contributed by atoms with Crippen LogP contribution in [-0.2, 0) is 4.79 Å². The molecule has 1 aromatic rings. The normalized spacial score (nSPS) is 17.1. The van der Waals surface area contributed by atoms with Crippen LogP contribution in [0.4, 0.5) is 5.69 Å². The Bertz CT molecular complexity index is 457. The number of benzene rings is 1. The SMILES string of the molecule is CCC(C)Oc1ccc(N2C(=O)CCNC2=S)cc1. The molecule has 1 unspecified atom stereocenters. The number of carbonyl (C=O) groups excluding carboxylic acids is 1. The van der Waals surface area contributed by atoms with Gasteiger partial charge < -0.3 is 10.1 Å². The summed E-state index contributed by atoms with van der Waals surface area (Å²) in [5.41, 5.74) is 0.777. The zero-order valence-corrected chi connectivity index (χ0v) is 12.0. The number of amides is 1. The molecule has 0 aromatic heterocycles. The van der Waals surface area contributed by atoms with Crippen LogP contribution in [0.3, 0.4) is 0 Å². The number of ether oxygens (including phenoxy) is 1. The molecule has 0 aliphatic carbocycles. The molecule has 0 bridgehead atoms. The van der Waals surface area contributed by atoms with Crippen molar-refractivity contribution in [3.8, 4) is 5.75 Å². The van der Waals surface area contributed by atoms with E-state index >= 15 is 0 Å². The van der Waals surface area contributed by atoms with Crippen molar-refractivity contribution in [3.63, 3.8) is 0 Å². The second kappa shape index (κ2) is 6.02. The molecule has 4 nitrogen and oxygen atoms in total. The second-order valence-corrected chi connectivity index (χ2v) is 4.93. The van der Waals surface area contributed by atoms with Gasteiger partial charge in [-0.25, -0.2) is 0 Å². The number of hydrogen-bond donors (Lipinski definition) is 1. The van der Waals surface area contributed by atoms with Crippen molar-refractivity contribution < 1.29 is 9.53 Å². The van der Waals surface area contributed by atoms with Gasteiger partial charge in [0.1, 0.15) is 5.75 Å². The molecule has 1 saturated heterocycles. The summed E-state index contributed by atoms with van der Waals surface area (Å²) in [6, 6.07) is 7.45. The highest BCUT2D eigenvalue weighted by Crippen LogP contribution is 2.22. The molecule has 0 radical (unpaired) electrons. The molecular formula is C14H18N2O2S. The van der Waals surface area contributed by atoms with E-state index in [1.54, 1.807) is 0 Å². The van der Waals surface area contributed by atoms with E-state index in [4.69, 9.17) is 17.0 Å². The molecule has 5 heteroatoms. The molecule has 2 rings (SSSR count). The number of carbonyl (C=O) groups is 1. The minimum atomic E-state index is 0.0272. The van der Waals surface area contributed by atoms with E-state index < -0.39 is 0 Å². The molecule has 0 saturated carbocycles. The van der Waals surface area contributed by atoms with E-state index in [1.165, 1.54) is 4.90 Å². The van der Waals surface area contributed by atoms with Gasteiger partial charge in [0.2, 0.25) is 5.91 Å². The maximum Gasteiger partial charge on any atom is 0.235 e. The van der Waals surface area contributed by atoms with Crippen LogP contribution < -0.4 is 15.0 Å². The van der Waals surface area contributed by atoms with Crippen LogP contribution in [0.25, 0.3) is 0 Å². The van der Waals surface area contributed by atoms with Crippen molar-refractivity contribution >= 4 is 28.9 Å². The van der Waals surface area contributed by atoms with Crippen LogP contribution >= 0.6 is 12.2 Å². The molecule has 1 atom stereocenters. The second-order valence-electron chi connectivity index (χ2n) is 4.54. The molecule has 1 amide bonds. The van der Waals surface area contributed by atoms with E-state index in [-0.39, 0.29) is 12.0 Å². The molecule has 1 aliphatic rings. The Morgan fingerprint density at radius 1 is 1.42 bits per heavy atom. The van der Waals surface area contributed by atoms with Crippen LogP contribution in [0, 0.1) is 0 Å². The van der Waals surface area contributed by atoms with Gasteiger partial charge in [-0.15, -0.1) is 0 Å². The maximum atomic E-state index is 11.9. The Balaban J connectivity index is 2.13. The fourth-order valence-corrected chi connectivity index (χ4v) is 2.14. The lowest BCUT2D eigenvalue weighted by Crippen LogP contribution is -2.49. The Hall–Kier alpha value is -1.62. The van der Waals surface area contributed by atoms with Crippen molar-refractivity contribution in [1.29, 1.82) is 0 Å². The van der Waals surface area contributed by atoms with Crippen LogP contribution in [0.15, 0.2) is 24.3 Å². The van der Waals surface area contributed by atoms with Gasteiger partial charge in [-0.05, 0) is 49.8 Å². The molecule has 0 spiro atoms. The molecule has 1 heterocycles. The highest BCUT2D eigenvalue weighted by Gasteiger charge is 2.24. The first-order chi connectivity index (χ1) is 9.11. The smallest absolute Gasteiger partial charge is 0.235 e. The third-order valence-electron chi connectivity index (χ3n) is 3.07. The van der Waals surface area contributed by atoms with Crippen molar-refractivity contribution in [2.75, 3.05) is 11.4 Å². The van der Waals surface area contributed by atoms with E-state index in [9.17, 15) is 4.79 Å². The first-order valence-electron chi connectivity index (χ1n) is 6.49. The first-order valence-corrected chi connectivity index (χ1v) is 6.90. The largest absolute Gasteiger partial charge is 0.491 e. The minimum Gasteiger partial charge on any atom is -0.491 e. The lowest BCUT2D eigenvalue weighted by molar-refractivity contribution is -0.117. The van der Waals surface area contributed by atoms with Crippen molar-refractivity contribution in [1.82, 2.24) is 5.32 Å². The summed E-state index contributed by atoms with van der Waals surface area (Å²) in [6.07, 6.45) is 1.61. The summed E-state index contributed by atoms with van der Waals surface area (Å²) >= 11 is 5.17. The zero-order chi connectivity index (χ0) is 13.8. The Labute approximate surface area is 118 Å². The summed E-state index contributed by atoms with van der Waals surface area (Å²) in [7, 11) is 0. The predicted octanol–water partition coefficient (Wildman–Crippen LogP) is 2.48. The fourth-order valence-electron chi connectivity index (χ4n) is 1.83. The number of nitrogens with one attached hydrogen (secondary N) is 1. The van der Waals surface area contributed by atoms with Gasteiger partial charge in [0.05, 0.1) is 11.8 Å². The zero-order valence-electron chi connectivity index (χ0n) is 11.2. The van der Waals surface area contributed by atoms with E-state index in [1.807, 2.05) is 31.2 Å². The third-order valence-corrected chi connectivity index (χ3v) is 3.40. The van der Waals surface area contributed by atoms with E-state index in [0.29, 0.717) is 18.1 Å². The van der Waals surface area contributed by atoms with Gasteiger partial charge in [0.15, 0.2) is 5.11 Å². The summed E-state index contributed by atoms with van der Waals surface area (Å²) < 4.78 is 5.71. The molecule has 1 N–H and O–H groups in total. The lowest BCUT2D eigenvalue weighted by Gasteiger charge is -2.28. The van der Waals surface area contributed by atoms with Gasteiger partial charge in [0, 0.05) is 13.0 Å². The number of anilines is 1. The van der Waals surface area contributed by atoms with E-state index in [0.717, 1.165) is 17.9 Å². The van der Waals surface area contributed by atoms with E-state index in [2.05, 4.69) is 12.2 Å². The van der Waals surface area contributed by atoms with Crippen LogP contribution in [0.2, 0.25) is 0 Å². The summed E-state index contributed by atoms with van der Waals surface area (Å²) in [5.74, 6) is 0.834. The van der Waals surface area contributed by atoms with Gasteiger partial charge in [-0.1, -0.05) is 6.92 Å². The predicted molar refractivity (Wildman–Crippen MR) is 79.5 cm³/mol. The average Bonchev–Trinajstić information content (AvgIpc) is 2.40. The number of nitrogens with zero attached hydrogens (tertiary/aromatic N) is 1. The Morgan fingerprint density at radius 2 is 2.11 bits per heavy atom. The number of hydrogen-bond acceptors (Lipinski definition) is 3. The van der Waals surface area contributed by atoms with Crippen molar-refractivity contribution in [3.05, 3.63) is 24.3 Å². The number of thiocarbonyl (C=S) groups is 1. The standard InChI is InChI=1S/C14H18N2O2S/c1-3-10(2)18-12-6-4-11(5-7-12)16-13(17)8-9-15-14(16)19/h4-7,10H,3,8-9H2,1-2H3,(H,15,19). The highest BCUT2D eigenvalue weighted by atomic mass is 32.1. The summed E-state index contributed by atoms with van der Waals surface area (Å²) in [4.78, 5) is 13.4. The molecule has 19 heavy (non-hydrogen) atoms. The monoisotopic (exact) mass is 278 g/mol. The summed E-state index contributed by atoms with van der Waals surface area (Å²) in [6.45, 7) is 4.72. The molecule has 1 aliphatic heterocycles. The van der Waals surface area contributed by atoms with Gasteiger partial charge in [-0.3, -0.25) is 9.69 Å². The Morgan fingerprint density at radius 3 is 2.68 bits per heavy atom. The quantitative estimate of drug-likeness (QED) is 0.859. The number of rotatable bonds is 4. The third kappa shape index (κ3) is 3.23. The highest BCUT2D eigenvalue weighted by molar-refractivity contribution is 7.80. The van der Waals surface area contributed by atoms with Gasteiger partial charge in [0.25, 0.3) is 0 Å². The van der Waals surface area contributed by atoms with Crippen LogP contribution in [0.1, 0.15) is 26.7 Å². The first kappa shape index (κ1) is 13.8. The summed E-state index contributed by atoms with van der Waals surface area (Å²) in [5, 5.41) is 3.49. The average molecular weight is 278 g/mol. The van der Waals surface area contributed by atoms with Crippen LogP contribution in [0.5, 0.6) is 5.75 Å². The topological polar surface area (TPSA) is 41.6 Å². The lowest BCUT2D eigenvalue weighted by atomic mass is 10.2. The molecular weight excluding hydrogens is 260 g/mol. The van der Waals surface area contributed by atoms with Gasteiger partial charge >= 0.3 is 0 Å². The maximum absolute atomic E-state index is 11.9. The van der Waals surface area contributed by atoms with Crippen molar-refractivity contribution in [2.24, 2.45) is 0 Å².